The van der Waals surface area contributed by atoms with Gasteiger partial charge in [0.2, 0.25) is 0 Å². The third-order valence-corrected chi connectivity index (χ3v) is 4.33. The van der Waals surface area contributed by atoms with E-state index in [1.165, 1.54) is 15.9 Å². The van der Waals surface area contributed by atoms with E-state index in [2.05, 4.69) is 12.2 Å². The number of piperazine rings is 1. The fourth-order valence-electron chi connectivity index (χ4n) is 3.02. The zero-order valence-corrected chi connectivity index (χ0v) is 14.1. The highest BCUT2D eigenvalue weighted by atomic mass is 19.1. The van der Waals surface area contributed by atoms with E-state index in [-0.39, 0.29) is 11.7 Å². The van der Waals surface area contributed by atoms with Crippen molar-refractivity contribution in [2.75, 3.05) is 46.4 Å². The number of halogens is 1. The predicted molar refractivity (Wildman–Crippen MR) is 86.2 cm³/mol. The smallest absolute Gasteiger partial charge is 0.275 e. The molecular formula is C17H28FN3O2+2. The Bertz CT molecular complexity index is 517. The molecule has 0 aliphatic carbocycles. The lowest BCUT2D eigenvalue weighted by Crippen LogP contribution is -3.28. The van der Waals surface area contributed by atoms with Crippen LogP contribution in [0.5, 0.6) is 5.75 Å². The van der Waals surface area contributed by atoms with Crippen molar-refractivity contribution in [3.63, 3.8) is 0 Å². The molecule has 3 N–H and O–H groups in total. The zero-order valence-electron chi connectivity index (χ0n) is 14.1. The molecule has 1 heterocycles. The molecule has 0 spiro atoms. The van der Waals surface area contributed by atoms with Gasteiger partial charge in [0, 0.05) is 6.54 Å². The number of carbonyl (C=O) groups is 1. The first-order valence-corrected chi connectivity index (χ1v) is 8.38. The second-order valence-corrected chi connectivity index (χ2v) is 6.16. The van der Waals surface area contributed by atoms with Gasteiger partial charge in [-0.1, -0.05) is 6.92 Å². The van der Waals surface area contributed by atoms with Crippen molar-refractivity contribution in [1.82, 2.24) is 5.32 Å². The van der Waals surface area contributed by atoms with Crippen LogP contribution >= 0.6 is 0 Å². The second-order valence-electron chi connectivity index (χ2n) is 6.16. The molecule has 1 aliphatic heterocycles. The van der Waals surface area contributed by atoms with Crippen LogP contribution in [0.15, 0.2) is 18.2 Å². The van der Waals surface area contributed by atoms with Crippen LogP contribution in [0.4, 0.5) is 4.39 Å². The molecule has 6 heteroatoms. The number of hydrogen-bond donors (Lipinski definition) is 3. The number of quaternary nitrogens is 2. The Labute approximate surface area is 137 Å². The van der Waals surface area contributed by atoms with E-state index in [0.717, 1.165) is 57.0 Å². The first-order chi connectivity index (χ1) is 11.1. The van der Waals surface area contributed by atoms with E-state index in [1.54, 1.807) is 19.2 Å². The predicted octanol–water partition coefficient (Wildman–Crippen LogP) is -1.36. The monoisotopic (exact) mass is 325 g/mol. The van der Waals surface area contributed by atoms with E-state index < -0.39 is 0 Å². The number of methoxy groups -OCH3 is 1. The van der Waals surface area contributed by atoms with Gasteiger partial charge < -0.3 is 19.9 Å². The molecule has 128 valence electrons. The zero-order chi connectivity index (χ0) is 16.7. The van der Waals surface area contributed by atoms with Gasteiger partial charge in [-0.05, 0) is 24.6 Å². The lowest BCUT2D eigenvalue weighted by atomic mass is 10.1. The average molecular weight is 325 g/mol. The molecule has 0 radical (unpaired) electrons. The summed E-state index contributed by atoms with van der Waals surface area (Å²) in [5.74, 6) is 0.654. The van der Waals surface area contributed by atoms with Crippen LogP contribution < -0.4 is 19.9 Å². The van der Waals surface area contributed by atoms with Crippen LogP contribution in [0.3, 0.4) is 0 Å². The van der Waals surface area contributed by atoms with Crippen molar-refractivity contribution in [3.8, 4) is 5.75 Å². The Kier molecular flexibility index (Phi) is 6.80. The SMILES string of the molecule is CCCNC(=O)C[NH+]1CC[NH+](Cc2cc(F)ccc2OC)CC1. The number of hydrogen-bond acceptors (Lipinski definition) is 2. The Morgan fingerprint density at radius 3 is 2.61 bits per heavy atom. The summed E-state index contributed by atoms with van der Waals surface area (Å²) in [6.45, 7) is 8.01. The summed E-state index contributed by atoms with van der Waals surface area (Å²) in [6.07, 6.45) is 0.967. The van der Waals surface area contributed by atoms with Gasteiger partial charge in [-0.3, -0.25) is 4.79 Å². The summed E-state index contributed by atoms with van der Waals surface area (Å²) in [6, 6.07) is 4.67. The Hall–Kier alpha value is -1.66. The molecule has 5 nitrogen and oxygen atoms in total. The molecule has 0 unspecified atom stereocenters. The van der Waals surface area contributed by atoms with Gasteiger partial charge in [-0.15, -0.1) is 0 Å². The number of ether oxygens (including phenoxy) is 1. The minimum absolute atomic E-state index is 0.136. The summed E-state index contributed by atoms with van der Waals surface area (Å²) in [5, 5.41) is 2.93. The lowest BCUT2D eigenvalue weighted by molar-refractivity contribution is -1.02. The molecule has 0 atom stereocenters. The molecule has 23 heavy (non-hydrogen) atoms. The molecule has 1 fully saturated rings. The summed E-state index contributed by atoms with van der Waals surface area (Å²) >= 11 is 0. The average Bonchev–Trinajstić information content (AvgIpc) is 2.55. The van der Waals surface area contributed by atoms with Crippen molar-refractivity contribution in [2.45, 2.75) is 19.9 Å². The lowest BCUT2D eigenvalue weighted by Gasteiger charge is -2.29. The van der Waals surface area contributed by atoms with Gasteiger partial charge in [-0.25, -0.2) is 4.39 Å². The van der Waals surface area contributed by atoms with Gasteiger partial charge >= 0.3 is 0 Å². The van der Waals surface area contributed by atoms with Crippen molar-refractivity contribution in [3.05, 3.63) is 29.6 Å². The summed E-state index contributed by atoms with van der Waals surface area (Å²) in [4.78, 5) is 14.5. The van der Waals surface area contributed by atoms with Crippen LogP contribution in [-0.2, 0) is 11.3 Å². The Balaban J connectivity index is 1.81. The fourth-order valence-corrected chi connectivity index (χ4v) is 3.02. The largest absolute Gasteiger partial charge is 0.496 e. The highest BCUT2D eigenvalue weighted by Crippen LogP contribution is 2.18. The van der Waals surface area contributed by atoms with E-state index in [9.17, 15) is 9.18 Å². The van der Waals surface area contributed by atoms with Gasteiger partial charge in [0.1, 0.15) is 44.3 Å². The quantitative estimate of drug-likeness (QED) is 0.580. The summed E-state index contributed by atoms with van der Waals surface area (Å²) in [5.41, 5.74) is 0.909. The summed E-state index contributed by atoms with van der Waals surface area (Å²) < 4.78 is 18.7. The van der Waals surface area contributed by atoms with E-state index in [4.69, 9.17) is 4.74 Å². The minimum atomic E-state index is -0.225. The molecule has 1 aromatic carbocycles. The number of nitrogens with one attached hydrogen (secondary N) is 3. The Morgan fingerprint density at radius 2 is 1.96 bits per heavy atom. The first-order valence-electron chi connectivity index (χ1n) is 8.38. The number of carbonyl (C=O) groups excluding carboxylic acids is 1. The van der Waals surface area contributed by atoms with Crippen LogP contribution in [0.2, 0.25) is 0 Å². The maximum absolute atomic E-state index is 13.4. The van der Waals surface area contributed by atoms with Gasteiger partial charge in [-0.2, -0.15) is 0 Å². The third-order valence-electron chi connectivity index (χ3n) is 4.33. The number of amides is 1. The van der Waals surface area contributed by atoms with Crippen LogP contribution in [-0.4, -0.2) is 52.3 Å². The second kappa shape index (κ2) is 8.84. The van der Waals surface area contributed by atoms with Crippen molar-refractivity contribution in [1.29, 1.82) is 0 Å². The number of rotatable bonds is 7. The Morgan fingerprint density at radius 1 is 1.26 bits per heavy atom. The summed E-state index contributed by atoms with van der Waals surface area (Å²) in [7, 11) is 1.61. The molecule has 0 saturated carbocycles. The maximum atomic E-state index is 13.4. The third kappa shape index (κ3) is 5.48. The topological polar surface area (TPSA) is 47.2 Å². The van der Waals surface area contributed by atoms with Crippen LogP contribution in [0, 0.1) is 5.82 Å². The molecule has 2 rings (SSSR count). The molecule has 1 aromatic rings. The van der Waals surface area contributed by atoms with E-state index in [1.807, 2.05) is 0 Å². The number of benzene rings is 1. The van der Waals surface area contributed by atoms with Crippen LogP contribution in [0.1, 0.15) is 18.9 Å². The highest BCUT2D eigenvalue weighted by Gasteiger charge is 2.25. The van der Waals surface area contributed by atoms with Crippen molar-refractivity contribution < 1.29 is 23.7 Å². The van der Waals surface area contributed by atoms with Crippen LogP contribution in [0.25, 0.3) is 0 Å². The highest BCUT2D eigenvalue weighted by molar-refractivity contribution is 5.76. The normalized spacial score (nSPS) is 21.0. The van der Waals surface area contributed by atoms with Gasteiger partial charge in [0.05, 0.1) is 12.7 Å². The molecule has 1 aliphatic rings. The van der Waals surface area contributed by atoms with Gasteiger partial charge in [0.15, 0.2) is 6.54 Å². The van der Waals surface area contributed by atoms with Gasteiger partial charge in [0.25, 0.3) is 5.91 Å². The first kappa shape index (κ1) is 17.7. The fraction of sp³-hybridized carbons (Fsp3) is 0.588. The molecule has 1 amide bonds. The van der Waals surface area contributed by atoms with E-state index in [0.29, 0.717) is 6.54 Å². The molecule has 1 saturated heterocycles. The minimum Gasteiger partial charge on any atom is -0.496 e. The van der Waals surface area contributed by atoms with E-state index >= 15 is 0 Å². The molecular weight excluding hydrogens is 297 g/mol. The van der Waals surface area contributed by atoms with Crippen molar-refractivity contribution >= 4 is 5.91 Å². The molecule has 0 aromatic heterocycles. The maximum Gasteiger partial charge on any atom is 0.275 e. The standard InChI is InChI=1S/C17H26FN3O2/c1-3-6-19-17(22)13-21-9-7-20(8-10-21)12-14-11-15(18)4-5-16(14)23-2/h4-5,11H,3,6-10,12-13H2,1-2H3,(H,19,22)/p+2. The van der Waals surface area contributed by atoms with Crippen molar-refractivity contribution in [2.24, 2.45) is 0 Å². The molecule has 0 bridgehead atoms.